The van der Waals surface area contributed by atoms with Gasteiger partial charge in [0.1, 0.15) is 11.3 Å². The number of hydrogen-bond acceptors (Lipinski definition) is 6. The second-order valence-electron chi connectivity index (χ2n) is 6.68. The topological polar surface area (TPSA) is 81.1 Å². The van der Waals surface area contributed by atoms with Crippen molar-refractivity contribution in [2.75, 3.05) is 23.7 Å². The number of benzene rings is 2. The zero-order chi connectivity index (χ0) is 17.0. The zero-order valence-corrected chi connectivity index (χ0v) is 13.8. The number of oxazole rings is 1. The number of fused-ring (bicyclic) bond motifs is 2. The third-order valence-corrected chi connectivity index (χ3v) is 4.66. The summed E-state index contributed by atoms with van der Waals surface area (Å²) in [4.78, 5) is 15.8. The molecule has 0 unspecified atom stereocenters. The minimum Gasteiger partial charge on any atom is -0.424 e. The average molecular weight is 331 g/mol. The van der Waals surface area contributed by atoms with E-state index in [0.717, 1.165) is 52.5 Å². The molecule has 0 atom stereocenters. The molecule has 1 saturated heterocycles. The minimum absolute atomic E-state index is 0.185. The zero-order valence-electron chi connectivity index (χ0n) is 13.8. The molecule has 1 aliphatic rings. The lowest BCUT2D eigenvalue weighted by molar-refractivity contribution is 0.443. The fraction of sp³-hybridized carbons (Fsp3) is 0.211. The van der Waals surface area contributed by atoms with Gasteiger partial charge in [0.05, 0.1) is 17.2 Å². The van der Waals surface area contributed by atoms with E-state index >= 15 is 0 Å². The second kappa shape index (κ2) is 5.17. The van der Waals surface area contributed by atoms with Crippen molar-refractivity contribution >= 4 is 34.0 Å². The molecule has 4 aromatic rings. The van der Waals surface area contributed by atoms with Crippen LogP contribution in [0, 0.1) is 5.92 Å². The summed E-state index contributed by atoms with van der Waals surface area (Å²) in [5.41, 5.74) is 11.0. The van der Waals surface area contributed by atoms with Crippen LogP contribution in [-0.4, -0.2) is 28.0 Å². The molecule has 0 radical (unpaired) electrons. The van der Waals surface area contributed by atoms with E-state index in [-0.39, 0.29) is 6.01 Å². The number of nitrogen functional groups attached to an aromatic ring is 1. The maximum atomic E-state index is 5.63. The number of nitrogens with two attached hydrogens (primary N) is 1. The van der Waals surface area contributed by atoms with Crippen molar-refractivity contribution in [2.45, 2.75) is 6.92 Å². The summed E-state index contributed by atoms with van der Waals surface area (Å²) in [6.07, 6.45) is 1.86. The molecular weight excluding hydrogens is 314 g/mol. The summed E-state index contributed by atoms with van der Waals surface area (Å²) < 4.78 is 5.34. The Bertz CT molecular complexity index is 1100. The number of nitrogens with zero attached hydrogens (tertiary/aromatic N) is 4. The van der Waals surface area contributed by atoms with Crippen molar-refractivity contribution in [1.82, 2.24) is 15.0 Å². The van der Waals surface area contributed by atoms with Crippen LogP contribution < -0.4 is 10.6 Å². The fourth-order valence-electron chi connectivity index (χ4n) is 3.34. The van der Waals surface area contributed by atoms with Gasteiger partial charge in [0.25, 0.3) is 6.01 Å². The maximum Gasteiger partial charge on any atom is 0.292 e. The largest absolute Gasteiger partial charge is 0.424 e. The van der Waals surface area contributed by atoms with E-state index in [1.807, 2.05) is 36.5 Å². The van der Waals surface area contributed by atoms with Crippen LogP contribution >= 0.6 is 0 Å². The van der Waals surface area contributed by atoms with Crippen molar-refractivity contribution in [3.8, 4) is 11.1 Å². The highest BCUT2D eigenvalue weighted by Gasteiger charge is 2.24. The van der Waals surface area contributed by atoms with Crippen LogP contribution in [0.15, 0.2) is 47.0 Å². The van der Waals surface area contributed by atoms with E-state index in [2.05, 4.69) is 27.9 Å². The number of rotatable bonds is 2. The molecule has 6 nitrogen and oxygen atoms in total. The summed E-state index contributed by atoms with van der Waals surface area (Å²) in [6, 6.07) is 12.2. The van der Waals surface area contributed by atoms with Gasteiger partial charge in [-0.2, -0.15) is 4.98 Å². The molecule has 3 heterocycles. The molecule has 2 aromatic carbocycles. The van der Waals surface area contributed by atoms with E-state index in [1.165, 1.54) is 0 Å². The second-order valence-corrected chi connectivity index (χ2v) is 6.68. The van der Waals surface area contributed by atoms with Gasteiger partial charge in [-0.25, -0.2) is 4.98 Å². The molecule has 5 rings (SSSR count). The Morgan fingerprint density at radius 2 is 1.76 bits per heavy atom. The third-order valence-electron chi connectivity index (χ3n) is 4.66. The molecule has 1 aliphatic heterocycles. The number of aromatic nitrogens is 3. The molecule has 2 aromatic heterocycles. The summed E-state index contributed by atoms with van der Waals surface area (Å²) in [5.74, 6) is 1.67. The lowest BCUT2D eigenvalue weighted by Gasteiger charge is -2.37. The van der Waals surface area contributed by atoms with Crippen LogP contribution in [0.25, 0.3) is 33.3 Å². The molecule has 0 spiro atoms. The smallest absolute Gasteiger partial charge is 0.292 e. The van der Waals surface area contributed by atoms with Crippen molar-refractivity contribution in [3.05, 3.63) is 42.6 Å². The van der Waals surface area contributed by atoms with E-state index < -0.39 is 0 Å². The minimum atomic E-state index is 0.185. The van der Waals surface area contributed by atoms with Gasteiger partial charge in [-0.15, -0.1) is 0 Å². The number of hydrogen-bond donors (Lipinski definition) is 1. The van der Waals surface area contributed by atoms with E-state index in [4.69, 9.17) is 15.1 Å². The van der Waals surface area contributed by atoms with Gasteiger partial charge < -0.3 is 15.1 Å². The van der Waals surface area contributed by atoms with Gasteiger partial charge in [-0.3, -0.25) is 4.98 Å². The SMILES string of the molecule is CC1CN(c2cnc3ccc(-c4ccc5oc(N)nc5c4)cc3n2)C1. The molecule has 25 heavy (non-hydrogen) atoms. The van der Waals surface area contributed by atoms with Crippen molar-refractivity contribution in [2.24, 2.45) is 5.92 Å². The molecule has 0 aliphatic carbocycles. The average Bonchev–Trinajstić information content (AvgIpc) is 2.97. The van der Waals surface area contributed by atoms with Crippen LogP contribution in [-0.2, 0) is 0 Å². The molecule has 124 valence electrons. The quantitative estimate of drug-likeness (QED) is 0.606. The normalized spacial score (nSPS) is 15.0. The Kier molecular flexibility index (Phi) is 2.94. The predicted molar refractivity (Wildman–Crippen MR) is 98.3 cm³/mol. The highest BCUT2D eigenvalue weighted by molar-refractivity contribution is 5.86. The Balaban J connectivity index is 1.57. The van der Waals surface area contributed by atoms with Crippen LogP contribution in [0.2, 0.25) is 0 Å². The highest BCUT2D eigenvalue weighted by Crippen LogP contribution is 2.29. The first-order valence-electron chi connectivity index (χ1n) is 8.34. The van der Waals surface area contributed by atoms with Gasteiger partial charge >= 0.3 is 0 Å². The lowest BCUT2D eigenvalue weighted by atomic mass is 10.0. The first kappa shape index (κ1) is 14.2. The van der Waals surface area contributed by atoms with Gasteiger partial charge in [0, 0.05) is 13.1 Å². The monoisotopic (exact) mass is 331 g/mol. The van der Waals surface area contributed by atoms with Crippen molar-refractivity contribution in [1.29, 1.82) is 0 Å². The van der Waals surface area contributed by atoms with E-state index in [0.29, 0.717) is 5.58 Å². The van der Waals surface area contributed by atoms with Crippen molar-refractivity contribution < 1.29 is 4.42 Å². The van der Waals surface area contributed by atoms with Crippen LogP contribution in [0.1, 0.15) is 6.92 Å². The van der Waals surface area contributed by atoms with Gasteiger partial charge in [-0.1, -0.05) is 19.1 Å². The summed E-state index contributed by atoms with van der Waals surface area (Å²) in [7, 11) is 0. The highest BCUT2D eigenvalue weighted by atomic mass is 16.4. The summed E-state index contributed by atoms with van der Waals surface area (Å²) >= 11 is 0. The first-order chi connectivity index (χ1) is 12.2. The fourth-order valence-corrected chi connectivity index (χ4v) is 3.34. The Labute approximate surface area is 144 Å². The van der Waals surface area contributed by atoms with E-state index in [1.54, 1.807) is 0 Å². The molecule has 0 saturated carbocycles. The Morgan fingerprint density at radius 3 is 2.56 bits per heavy atom. The predicted octanol–water partition coefficient (Wildman–Crippen LogP) is 3.48. The summed E-state index contributed by atoms with van der Waals surface area (Å²) in [6.45, 7) is 4.34. The van der Waals surface area contributed by atoms with Crippen LogP contribution in [0.4, 0.5) is 11.8 Å². The third kappa shape index (κ3) is 2.38. The maximum absolute atomic E-state index is 5.63. The van der Waals surface area contributed by atoms with Crippen LogP contribution in [0.5, 0.6) is 0 Å². The molecule has 1 fully saturated rings. The Morgan fingerprint density at radius 1 is 1.00 bits per heavy atom. The van der Waals surface area contributed by atoms with Crippen LogP contribution in [0.3, 0.4) is 0 Å². The molecule has 2 N–H and O–H groups in total. The van der Waals surface area contributed by atoms with Gasteiger partial charge in [-0.05, 0) is 41.3 Å². The standard InChI is InChI=1S/C19H17N5O/c1-11-9-24(10-11)18-8-21-14-4-2-12(6-15(14)22-18)13-3-5-17-16(7-13)23-19(20)25-17/h2-8,11H,9-10H2,1H3,(H2,20,23). The van der Waals surface area contributed by atoms with E-state index in [9.17, 15) is 0 Å². The molecule has 6 heteroatoms. The molecule has 0 bridgehead atoms. The van der Waals surface area contributed by atoms with Crippen molar-refractivity contribution in [3.63, 3.8) is 0 Å². The lowest BCUT2D eigenvalue weighted by Crippen LogP contribution is -2.45. The number of anilines is 2. The van der Waals surface area contributed by atoms with Gasteiger partial charge in [0.15, 0.2) is 5.58 Å². The Hall–Kier alpha value is -3.15. The molecule has 0 amide bonds. The van der Waals surface area contributed by atoms with Gasteiger partial charge in [0.2, 0.25) is 0 Å². The first-order valence-corrected chi connectivity index (χ1v) is 8.34. The molecular formula is C19H17N5O. The summed E-state index contributed by atoms with van der Waals surface area (Å²) in [5, 5.41) is 0.